The van der Waals surface area contributed by atoms with Crippen LogP contribution in [-0.2, 0) is 0 Å². The van der Waals surface area contributed by atoms with Gasteiger partial charge in [0.2, 0.25) is 0 Å². The van der Waals surface area contributed by atoms with E-state index in [0.29, 0.717) is 18.0 Å². The molecule has 1 radical (unpaired) electrons. The first kappa shape index (κ1) is 21.3. The molecule has 1 aromatic carbocycles. The Morgan fingerprint density at radius 2 is 1.40 bits per heavy atom. The van der Waals surface area contributed by atoms with Gasteiger partial charge in [-0.05, 0) is 18.6 Å². The number of benzene rings is 1. The maximum absolute atomic E-state index is 10.9. The van der Waals surface area contributed by atoms with Crippen LogP contribution >= 0.6 is 0 Å². The number of carbonyl (C=O) groups excluding carboxylic acids is 1. The molecule has 0 unspecified atom stereocenters. The number of rotatable bonds is 15. The molecule has 0 spiro atoms. The zero-order valence-corrected chi connectivity index (χ0v) is 15.8. The molecule has 0 aliphatic rings. The van der Waals surface area contributed by atoms with Crippen LogP contribution in [0.3, 0.4) is 0 Å². The molecule has 25 heavy (non-hydrogen) atoms. The van der Waals surface area contributed by atoms with E-state index in [2.05, 4.69) is 12.2 Å². The Kier molecular flexibility index (Phi) is 12.5. The monoisotopic (exact) mass is 347 g/mol. The average molecular weight is 348 g/mol. The van der Waals surface area contributed by atoms with Gasteiger partial charge in [0.1, 0.15) is 5.75 Å². The van der Waals surface area contributed by atoms with Gasteiger partial charge in [-0.1, -0.05) is 89.7 Å². The van der Waals surface area contributed by atoms with Crippen LogP contribution in [0.1, 0.15) is 84.0 Å². The molecule has 0 bridgehead atoms. The molecule has 0 aliphatic heterocycles. The smallest absolute Gasteiger partial charge is 0.338 e. The fourth-order valence-electron chi connectivity index (χ4n) is 2.94. The summed E-state index contributed by atoms with van der Waals surface area (Å²) < 4.78 is 5.73. The van der Waals surface area contributed by atoms with E-state index in [9.17, 15) is 4.79 Å². The van der Waals surface area contributed by atoms with Crippen molar-refractivity contribution in [3.8, 4) is 5.75 Å². The van der Waals surface area contributed by atoms with E-state index in [1.165, 1.54) is 70.6 Å². The van der Waals surface area contributed by atoms with Gasteiger partial charge in [0, 0.05) is 0 Å². The summed E-state index contributed by atoms with van der Waals surface area (Å²) in [5, 5.41) is 2.47. The average Bonchev–Trinajstić information content (AvgIpc) is 2.60. The van der Waals surface area contributed by atoms with Crippen LogP contribution in [0.15, 0.2) is 24.3 Å². The van der Waals surface area contributed by atoms with Gasteiger partial charge in [0.25, 0.3) is 0 Å². The Labute approximate surface area is 153 Å². The van der Waals surface area contributed by atoms with Crippen molar-refractivity contribution >= 4 is 11.7 Å². The number of ether oxygens (including phenoxy) is 1. The first-order valence-corrected chi connectivity index (χ1v) is 9.98. The van der Waals surface area contributed by atoms with Gasteiger partial charge < -0.3 is 10.1 Å². The van der Waals surface area contributed by atoms with E-state index < -0.39 is 6.03 Å². The minimum Gasteiger partial charge on any atom is -0.491 e. The van der Waals surface area contributed by atoms with Gasteiger partial charge in [-0.25, -0.2) is 10.5 Å². The highest BCUT2D eigenvalue weighted by Gasteiger charge is 2.04. The van der Waals surface area contributed by atoms with Gasteiger partial charge in [-0.3, -0.25) is 0 Å². The largest absolute Gasteiger partial charge is 0.491 e. The zero-order chi connectivity index (χ0) is 18.2. The summed E-state index contributed by atoms with van der Waals surface area (Å²) in [5.41, 5.74) is 7.56. The molecular weight excluding hydrogens is 312 g/mol. The van der Waals surface area contributed by atoms with E-state index >= 15 is 0 Å². The lowest BCUT2D eigenvalue weighted by Gasteiger charge is -2.11. The number of hydrogen-bond acceptors (Lipinski definition) is 2. The van der Waals surface area contributed by atoms with Gasteiger partial charge in [0.15, 0.2) is 0 Å². The normalized spacial score (nSPS) is 10.6. The van der Waals surface area contributed by atoms with Crippen molar-refractivity contribution in [1.29, 1.82) is 0 Å². The summed E-state index contributed by atoms with van der Waals surface area (Å²) in [6.07, 6.45) is 15.9. The molecule has 1 aromatic rings. The fraction of sp³-hybridized carbons (Fsp3) is 0.667. The Hall–Kier alpha value is -1.71. The molecule has 0 saturated heterocycles. The molecular formula is C21H35N2O2. The number of anilines is 1. The van der Waals surface area contributed by atoms with Crippen LogP contribution < -0.4 is 15.8 Å². The standard InChI is InChI=1S/C21H35N2O2/c1-2-3-4-5-6-7-8-9-10-11-12-15-18-25-20-17-14-13-16-19(20)23-21(22)24/h13-14,16-17,22H,2-12,15,18H2,1H3,(H,23,24). The minimum atomic E-state index is -0.818. The molecule has 0 heterocycles. The molecule has 4 nitrogen and oxygen atoms in total. The van der Waals surface area contributed by atoms with Crippen LogP contribution in [-0.4, -0.2) is 12.6 Å². The minimum absolute atomic E-state index is 0.571. The van der Waals surface area contributed by atoms with Gasteiger partial charge in [0.05, 0.1) is 12.3 Å². The van der Waals surface area contributed by atoms with E-state index in [-0.39, 0.29) is 0 Å². The molecule has 2 N–H and O–H groups in total. The highest BCUT2D eigenvalue weighted by molar-refractivity contribution is 5.88. The SMILES string of the molecule is CCCCCCCCCCCCCCOc1ccccc1NC([NH])=O. The summed E-state index contributed by atoms with van der Waals surface area (Å²) in [4.78, 5) is 10.9. The molecule has 0 aliphatic carbocycles. The first-order chi connectivity index (χ1) is 12.2. The number of urea groups is 1. The summed E-state index contributed by atoms with van der Waals surface area (Å²) in [5.74, 6) is 0.645. The van der Waals surface area contributed by atoms with Gasteiger partial charge >= 0.3 is 6.03 Å². The van der Waals surface area contributed by atoms with Crippen LogP contribution in [0.2, 0.25) is 0 Å². The maximum atomic E-state index is 10.9. The molecule has 141 valence electrons. The molecule has 1 rings (SSSR count). The van der Waals surface area contributed by atoms with E-state index in [1.807, 2.05) is 18.2 Å². The van der Waals surface area contributed by atoms with Crippen LogP contribution in [0, 0.1) is 0 Å². The van der Waals surface area contributed by atoms with Crippen LogP contribution in [0.5, 0.6) is 5.75 Å². The van der Waals surface area contributed by atoms with Crippen LogP contribution in [0.25, 0.3) is 0 Å². The topological polar surface area (TPSA) is 62.1 Å². The van der Waals surface area contributed by atoms with Gasteiger partial charge in [-0.2, -0.15) is 0 Å². The van der Waals surface area contributed by atoms with E-state index in [1.54, 1.807) is 6.07 Å². The number of unbranched alkanes of at least 4 members (excludes halogenated alkanes) is 11. The van der Waals surface area contributed by atoms with Crippen LogP contribution in [0.4, 0.5) is 10.5 Å². The summed E-state index contributed by atoms with van der Waals surface area (Å²) in [7, 11) is 0. The Balaban J connectivity index is 1.96. The Morgan fingerprint density at radius 3 is 1.96 bits per heavy atom. The highest BCUT2D eigenvalue weighted by atomic mass is 16.5. The second-order valence-corrected chi connectivity index (χ2v) is 6.69. The summed E-state index contributed by atoms with van der Waals surface area (Å²) in [6, 6.07) is 6.45. The maximum Gasteiger partial charge on any atom is 0.338 e. The number of para-hydroxylation sites is 2. The number of nitrogens with one attached hydrogen (secondary N) is 2. The fourth-order valence-corrected chi connectivity index (χ4v) is 2.94. The third-order valence-corrected chi connectivity index (χ3v) is 4.39. The predicted octanol–water partition coefficient (Wildman–Crippen LogP) is 6.58. The highest BCUT2D eigenvalue weighted by Crippen LogP contribution is 2.24. The van der Waals surface area contributed by atoms with Gasteiger partial charge in [-0.15, -0.1) is 0 Å². The summed E-state index contributed by atoms with van der Waals surface area (Å²) in [6.45, 7) is 2.92. The van der Waals surface area contributed by atoms with Crippen molar-refractivity contribution in [3.63, 3.8) is 0 Å². The van der Waals surface area contributed by atoms with Crippen molar-refractivity contribution in [2.24, 2.45) is 0 Å². The third kappa shape index (κ3) is 11.5. The second-order valence-electron chi connectivity index (χ2n) is 6.69. The number of carbonyl (C=O) groups is 1. The molecule has 2 amide bonds. The number of hydrogen-bond donors (Lipinski definition) is 1. The van der Waals surface area contributed by atoms with Crippen molar-refractivity contribution in [1.82, 2.24) is 5.73 Å². The lowest BCUT2D eigenvalue weighted by molar-refractivity contribution is 0.258. The van der Waals surface area contributed by atoms with Crippen molar-refractivity contribution < 1.29 is 9.53 Å². The quantitative estimate of drug-likeness (QED) is 0.364. The zero-order valence-electron chi connectivity index (χ0n) is 15.8. The van der Waals surface area contributed by atoms with Crippen molar-refractivity contribution in [2.75, 3.05) is 11.9 Å². The molecule has 0 saturated carbocycles. The molecule has 0 aromatic heterocycles. The number of amides is 2. The summed E-state index contributed by atoms with van der Waals surface area (Å²) >= 11 is 0. The Bertz CT molecular complexity index is 463. The second kappa shape index (κ2) is 14.6. The molecule has 0 atom stereocenters. The lowest BCUT2D eigenvalue weighted by atomic mass is 10.1. The lowest BCUT2D eigenvalue weighted by Crippen LogP contribution is -2.11. The third-order valence-electron chi connectivity index (χ3n) is 4.39. The predicted molar refractivity (Wildman–Crippen MR) is 105 cm³/mol. The molecule has 0 fully saturated rings. The van der Waals surface area contributed by atoms with Crippen molar-refractivity contribution in [3.05, 3.63) is 24.3 Å². The first-order valence-electron chi connectivity index (χ1n) is 9.98. The Morgan fingerprint density at radius 1 is 0.880 bits per heavy atom. The van der Waals surface area contributed by atoms with Crippen molar-refractivity contribution in [2.45, 2.75) is 84.0 Å². The van der Waals surface area contributed by atoms with E-state index in [4.69, 9.17) is 10.5 Å². The molecule has 4 heteroatoms. The van der Waals surface area contributed by atoms with E-state index in [0.717, 1.165) is 6.42 Å².